The minimum Gasteiger partial charge on any atom is -0.494 e. The van der Waals surface area contributed by atoms with Gasteiger partial charge in [-0.1, -0.05) is 13.8 Å². The molecule has 10 nitrogen and oxygen atoms in total. The predicted octanol–water partition coefficient (Wildman–Crippen LogP) is 0.456. The Balaban J connectivity index is 1.64. The van der Waals surface area contributed by atoms with E-state index in [2.05, 4.69) is 15.3 Å². The lowest BCUT2D eigenvalue weighted by Crippen LogP contribution is -2.47. The third-order valence-corrected chi connectivity index (χ3v) is 6.11. The number of nitrogens with zero attached hydrogens (tertiary/aromatic N) is 5. The Labute approximate surface area is 186 Å². The largest absolute Gasteiger partial charge is 0.494 e. The molecule has 2 aromatic heterocycles. The summed E-state index contributed by atoms with van der Waals surface area (Å²) in [7, 11) is 2.04. The first-order valence-corrected chi connectivity index (χ1v) is 11.4. The zero-order valence-corrected chi connectivity index (χ0v) is 19.0. The van der Waals surface area contributed by atoms with Gasteiger partial charge >= 0.3 is 0 Å². The standard InChI is InChI=1S/C22H32N6O4/c1-14(2)13-27-20-15(4-7-17(29)26-10-8-25(3)9-11-26)12-23-28(20)22(32)18(21(27)31)19(30)24-16-5-6-16/h12,14,16,31H,4-11,13H2,1-3H3,(H,24,30). The molecule has 0 spiro atoms. The molecule has 1 saturated heterocycles. The summed E-state index contributed by atoms with van der Waals surface area (Å²) in [5, 5.41) is 18.0. The summed E-state index contributed by atoms with van der Waals surface area (Å²) in [6.45, 7) is 7.52. The van der Waals surface area contributed by atoms with E-state index in [0.29, 0.717) is 43.7 Å². The van der Waals surface area contributed by atoms with Crippen molar-refractivity contribution in [2.45, 2.75) is 52.1 Å². The van der Waals surface area contributed by atoms with Crippen molar-refractivity contribution in [2.24, 2.45) is 5.92 Å². The normalized spacial score (nSPS) is 17.3. The molecule has 2 N–H and O–H groups in total. The van der Waals surface area contributed by atoms with Crippen LogP contribution in [-0.2, 0) is 17.8 Å². The molecule has 2 amide bonds. The van der Waals surface area contributed by atoms with Crippen LogP contribution in [0.15, 0.2) is 11.0 Å². The number of fused-ring (bicyclic) bond motifs is 1. The Bertz CT molecular complexity index is 1080. The van der Waals surface area contributed by atoms with E-state index in [4.69, 9.17) is 0 Å². The molecule has 1 saturated carbocycles. The van der Waals surface area contributed by atoms with Gasteiger partial charge in [0.1, 0.15) is 5.65 Å². The van der Waals surface area contributed by atoms with Crippen molar-refractivity contribution in [2.75, 3.05) is 33.2 Å². The van der Waals surface area contributed by atoms with Crippen LogP contribution in [0.5, 0.6) is 5.88 Å². The first kappa shape index (κ1) is 22.3. The summed E-state index contributed by atoms with van der Waals surface area (Å²) in [4.78, 5) is 42.5. The minimum atomic E-state index is -0.646. The van der Waals surface area contributed by atoms with Crippen LogP contribution in [0.25, 0.3) is 5.65 Å². The summed E-state index contributed by atoms with van der Waals surface area (Å²) < 4.78 is 2.76. The highest BCUT2D eigenvalue weighted by Crippen LogP contribution is 2.24. The first-order chi connectivity index (χ1) is 15.3. The van der Waals surface area contributed by atoms with Gasteiger partial charge in [-0.3, -0.25) is 19.0 Å². The number of hydrogen-bond donors (Lipinski definition) is 2. The molecule has 0 radical (unpaired) electrons. The van der Waals surface area contributed by atoms with Gasteiger partial charge in [-0.2, -0.15) is 9.61 Å². The highest BCUT2D eigenvalue weighted by Gasteiger charge is 2.30. The Morgan fingerprint density at radius 3 is 2.53 bits per heavy atom. The summed E-state index contributed by atoms with van der Waals surface area (Å²) >= 11 is 0. The van der Waals surface area contributed by atoms with Gasteiger partial charge in [-0.05, 0) is 32.2 Å². The van der Waals surface area contributed by atoms with Crippen molar-refractivity contribution in [3.63, 3.8) is 0 Å². The number of hydrogen-bond acceptors (Lipinski definition) is 6. The van der Waals surface area contributed by atoms with E-state index in [1.165, 1.54) is 4.52 Å². The number of carbonyl (C=O) groups is 2. The molecule has 0 aromatic carbocycles. The molecular weight excluding hydrogens is 412 g/mol. The molecule has 3 heterocycles. The van der Waals surface area contributed by atoms with Crippen LogP contribution in [0, 0.1) is 5.92 Å². The van der Waals surface area contributed by atoms with Crippen molar-refractivity contribution >= 4 is 17.5 Å². The van der Waals surface area contributed by atoms with Gasteiger partial charge in [-0.25, -0.2) is 0 Å². The number of aromatic nitrogens is 3. The number of aromatic hydroxyl groups is 1. The third kappa shape index (κ3) is 4.50. The van der Waals surface area contributed by atoms with Crippen molar-refractivity contribution < 1.29 is 14.7 Å². The average molecular weight is 445 g/mol. The SMILES string of the molecule is CC(C)Cn1c(O)c(C(=O)NC2CC2)c(=O)n2ncc(CCC(=O)N3CCN(C)CC3)c12. The summed E-state index contributed by atoms with van der Waals surface area (Å²) in [5.41, 5.74) is 0.213. The second-order valence-electron chi connectivity index (χ2n) is 9.35. The number of aryl methyl sites for hydroxylation is 1. The second-order valence-corrected chi connectivity index (χ2v) is 9.35. The monoisotopic (exact) mass is 444 g/mol. The zero-order chi connectivity index (χ0) is 23.0. The van der Waals surface area contributed by atoms with Gasteiger partial charge in [0.15, 0.2) is 5.56 Å². The van der Waals surface area contributed by atoms with Crippen molar-refractivity contribution in [1.82, 2.24) is 29.3 Å². The molecule has 2 aliphatic rings. The van der Waals surface area contributed by atoms with E-state index in [-0.39, 0.29) is 29.3 Å². The minimum absolute atomic E-state index is 0.0596. The molecule has 32 heavy (non-hydrogen) atoms. The predicted molar refractivity (Wildman–Crippen MR) is 119 cm³/mol. The highest BCUT2D eigenvalue weighted by atomic mass is 16.3. The van der Waals surface area contributed by atoms with E-state index in [9.17, 15) is 19.5 Å². The molecular formula is C22H32N6O4. The van der Waals surface area contributed by atoms with E-state index >= 15 is 0 Å². The molecule has 0 unspecified atom stereocenters. The third-order valence-electron chi connectivity index (χ3n) is 6.11. The zero-order valence-electron chi connectivity index (χ0n) is 19.0. The molecule has 0 bridgehead atoms. The van der Waals surface area contributed by atoms with Crippen LogP contribution in [0.1, 0.15) is 49.0 Å². The van der Waals surface area contributed by atoms with Gasteiger partial charge < -0.3 is 20.2 Å². The highest BCUT2D eigenvalue weighted by molar-refractivity contribution is 5.96. The molecule has 174 valence electrons. The average Bonchev–Trinajstić information content (AvgIpc) is 3.45. The molecule has 0 atom stereocenters. The maximum Gasteiger partial charge on any atom is 0.291 e. The van der Waals surface area contributed by atoms with Crippen LogP contribution >= 0.6 is 0 Å². The molecule has 10 heteroatoms. The number of rotatable bonds is 7. The van der Waals surface area contributed by atoms with Crippen LogP contribution < -0.4 is 10.9 Å². The Hall–Kier alpha value is -2.88. The lowest BCUT2D eigenvalue weighted by molar-refractivity contribution is -0.132. The van der Waals surface area contributed by atoms with Gasteiger partial charge in [0.25, 0.3) is 11.5 Å². The van der Waals surface area contributed by atoms with Crippen LogP contribution in [0.2, 0.25) is 0 Å². The van der Waals surface area contributed by atoms with Crippen LogP contribution in [-0.4, -0.2) is 80.2 Å². The van der Waals surface area contributed by atoms with Gasteiger partial charge in [0.05, 0.1) is 6.20 Å². The molecule has 4 rings (SSSR count). The van der Waals surface area contributed by atoms with Gasteiger partial charge in [0.2, 0.25) is 11.8 Å². The van der Waals surface area contributed by atoms with E-state index in [1.54, 1.807) is 10.8 Å². The number of nitrogens with one attached hydrogen (secondary N) is 1. The smallest absolute Gasteiger partial charge is 0.291 e. The van der Waals surface area contributed by atoms with Gasteiger partial charge in [-0.15, -0.1) is 0 Å². The maximum atomic E-state index is 13.0. The fourth-order valence-corrected chi connectivity index (χ4v) is 4.10. The number of amides is 2. The lowest BCUT2D eigenvalue weighted by Gasteiger charge is -2.32. The van der Waals surface area contributed by atoms with Crippen molar-refractivity contribution in [3.05, 3.63) is 27.7 Å². The molecule has 1 aliphatic heterocycles. The van der Waals surface area contributed by atoms with Crippen molar-refractivity contribution in [1.29, 1.82) is 0 Å². The quantitative estimate of drug-likeness (QED) is 0.642. The molecule has 2 fully saturated rings. The molecule has 2 aromatic rings. The topological polar surface area (TPSA) is 112 Å². The Kier molecular flexibility index (Phi) is 6.23. The maximum absolute atomic E-state index is 13.0. The number of carbonyl (C=O) groups excluding carboxylic acids is 2. The summed E-state index contributed by atoms with van der Waals surface area (Å²) in [6.07, 6.45) is 4.02. The fraction of sp³-hybridized carbons (Fsp3) is 0.636. The number of likely N-dealkylation sites (N-methyl/N-ethyl adjacent to an activating group) is 1. The van der Waals surface area contributed by atoms with E-state index in [0.717, 1.165) is 25.9 Å². The van der Waals surface area contributed by atoms with E-state index in [1.807, 2.05) is 25.8 Å². The fourth-order valence-electron chi connectivity index (χ4n) is 4.10. The lowest BCUT2D eigenvalue weighted by atomic mass is 10.1. The van der Waals surface area contributed by atoms with Crippen LogP contribution in [0.3, 0.4) is 0 Å². The van der Waals surface area contributed by atoms with E-state index < -0.39 is 11.5 Å². The molecule has 1 aliphatic carbocycles. The van der Waals surface area contributed by atoms with Gasteiger partial charge in [0, 0.05) is 50.7 Å². The number of piperazine rings is 1. The second kappa shape index (κ2) is 8.93. The van der Waals surface area contributed by atoms with Crippen LogP contribution in [0.4, 0.5) is 0 Å². The summed E-state index contributed by atoms with van der Waals surface area (Å²) in [6, 6.07) is 0.0596. The Morgan fingerprint density at radius 1 is 1.22 bits per heavy atom. The summed E-state index contributed by atoms with van der Waals surface area (Å²) in [5.74, 6) is -0.695. The Morgan fingerprint density at radius 2 is 1.91 bits per heavy atom. The van der Waals surface area contributed by atoms with Crippen molar-refractivity contribution in [3.8, 4) is 5.88 Å². The first-order valence-electron chi connectivity index (χ1n) is 11.4.